The number of thiophene rings is 1. The number of carbonyl (C=O) groups is 1. The molecule has 1 fully saturated rings. The maximum Gasteiger partial charge on any atom is 0.349 e. The first-order valence-corrected chi connectivity index (χ1v) is 12.4. The van der Waals surface area contributed by atoms with Gasteiger partial charge in [0.1, 0.15) is 15.5 Å². The fourth-order valence-electron chi connectivity index (χ4n) is 3.84. The number of para-hydroxylation sites is 2. The average Bonchev–Trinajstić information content (AvgIpc) is 3.30. The van der Waals surface area contributed by atoms with Gasteiger partial charge in [0.25, 0.3) is 0 Å². The molecule has 1 aromatic heterocycles. The van der Waals surface area contributed by atoms with Crippen LogP contribution in [0.25, 0.3) is 11.1 Å². The first-order valence-electron chi connectivity index (χ1n) is 10.1. The molecule has 0 aliphatic carbocycles. The molecule has 7 nitrogen and oxygen atoms in total. The molecule has 2 aromatic carbocycles. The summed E-state index contributed by atoms with van der Waals surface area (Å²) in [5.74, 6) is 0.101. The van der Waals surface area contributed by atoms with Gasteiger partial charge in [0, 0.05) is 37.1 Å². The molecule has 0 bridgehead atoms. The van der Waals surface area contributed by atoms with Crippen LogP contribution in [0.2, 0.25) is 0 Å². The van der Waals surface area contributed by atoms with Crippen molar-refractivity contribution in [2.24, 2.45) is 0 Å². The van der Waals surface area contributed by atoms with E-state index in [2.05, 4.69) is 4.90 Å². The summed E-state index contributed by atoms with van der Waals surface area (Å²) >= 11 is 1.09. The topological polar surface area (TPSA) is 76.2 Å². The average molecular weight is 473 g/mol. The molecule has 9 heteroatoms. The zero-order chi connectivity index (χ0) is 22.7. The van der Waals surface area contributed by atoms with Crippen LogP contribution in [-0.2, 0) is 14.8 Å². The SMILES string of the molecule is COC(=O)c1scc(-c2ccccc2)c1S(=O)(=O)N1CCN(c2ccccc2OC)CC1. The van der Waals surface area contributed by atoms with Gasteiger partial charge >= 0.3 is 5.97 Å². The Morgan fingerprint density at radius 3 is 2.25 bits per heavy atom. The van der Waals surface area contributed by atoms with E-state index in [1.807, 2.05) is 54.6 Å². The standard InChI is InChI=1S/C23H24N2O5S2/c1-29-20-11-7-6-10-19(20)24-12-14-25(15-13-24)32(27,28)22-18(17-8-4-3-5-9-17)16-31-21(22)23(26)30-2/h3-11,16H,12-15H2,1-2H3. The van der Waals surface area contributed by atoms with E-state index in [1.54, 1.807) is 12.5 Å². The lowest BCUT2D eigenvalue weighted by atomic mass is 10.1. The number of carbonyl (C=O) groups excluding carboxylic acids is 1. The predicted octanol–water partition coefficient (Wildman–Crippen LogP) is 3.72. The van der Waals surface area contributed by atoms with E-state index in [-0.39, 0.29) is 9.77 Å². The van der Waals surface area contributed by atoms with Gasteiger partial charge in [-0.1, -0.05) is 42.5 Å². The Hall–Kier alpha value is -2.88. The molecular weight excluding hydrogens is 448 g/mol. The second kappa shape index (κ2) is 9.32. The van der Waals surface area contributed by atoms with Crippen molar-refractivity contribution in [1.29, 1.82) is 0 Å². The van der Waals surface area contributed by atoms with Gasteiger partial charge in [-0.25, -0.2) is 13.2 Å². The summed E-state index contributed by atoms with van der Waals surface area (Å²) in [6.45, 7) is 1.62. The largest absolute Gasteiger partial charge is 0.495 e. The Morgan fingerprint density at radius 2 is 1.59 bits per heavy atom. The van der Waals surface area contributed by atoms with Crippen molar-refractivity contribution in [2.45, 2.75) is 4.90 Å². The van der Waals surface area contributed by atoms with Crippen molar-refractivity contribution < 1.29 is 22.7 Å². The molecule has 4 rings (SSSR count). The van der Waals surface area contributed by atoms with Crippen LogP contribution in [0.3, 0.4) is 0 Å². The number of sulfonamides is 1. The molecule has 0 radical (unpaired) electrons. The molecule has 1 saturated heterocycles. The van der Waals surface area contributed by atoms with Crippen molar-refractivity contribution >= 4 is 33.0 Å². The Labute approximate surface area is 191 Å². The van der Waals surface area contributed by atoms with Gasteiger partial charge < -0.3 is 14.4 Å². The number of anilines is 1. The van der Waals surface area contributed by atoms with Crippen LogP contribution < -0.4 is 9.64 Å². The number of nitrogens with zero attached hydrogens (tertiary/aromatic N) is 2. The van der Waals surface area contributed by atoms with Crippen LogP contribution in [0.4, 0.5) is 5.69 Å². The summed E-state index contributed by atoms with van der Waals surface area (Å²) < 4.78 is 39.2. The Morgan fingerprint density at radius 1 is 0.938 bits per heavy atom. The molecule has 0 unspecified atom stereocenters. The molecule has 2 heterocycles. The minimum absolute atomic E-state index is 0.0197. The number of piperazine rings is 1. The van der Waals surface area contributed by atoms with Crippen molar-refractivity contribution in [3.8, 4) is 16.9 Å². The van der Waals surface area contributed by atoms with E-state index in [0.717, 1.165) is 28.3 Å². The lowest BCUT2D eigenvalue weighted by Crippen LogP contribution is -2.49. The van der Waals surface area contributed by atoms with Crippen molar-refractivity contribution in [1.82, 2.24) is 4.31 Å². The molecule has 32 heavy (non-hydrogen) atoms. The zero-order valence-corrected chi connectivity index (χ0v) is 19.5. The number of benzene rings is 2. The highest BCUT2D eigenvalue weighted by Gasteiger charge is 2.36. The summed E-state index contributed by atoms with van der Waals surface area (Å²) in [5.41, 5.74) is 2.19. The first-order chi connectivity index (χ1) is 15.5. The van der Waals surface area contributed by atoms with Gasteiger partial charge in [0.05, 0.1) is 19.9 Å². The molecule has 3 aromatic rings. The first kappa shape index (κ1) is 22.3. The zero-order valence-electron chi connectivity index (χ0n) is 17.9. The molecule has 1 aliphatic heterocycles. The highest BCUT2D eigenvalue weighted by Crippen LogP contribution is 2.38. The van der Waals surface area contributed by atoms with Crippen molar-refractivity contribution in [2.75, 3.05) is 45.3 Å². The van der Waals surface area contributed by atoms with Crippen LogP contribution >= 0.6 is 11.3 Å². The third kappa shape index (κ3) is 4.11. The van der Waals surface area contributed by atoms with Gasteiger partial charge in [-0.15, -0.1) is 11.3 Å². The summed E-state index contributed by atoms with van der Waals surface area (Å²) in [4.78, 5) is 14.6. The Bertz CT molecular complexity index is 1200. The summed E-state index contributed by atoms with van der Waals surface area (Å²) in [5, 5.41) is 1.71. The maximum atomic E-state index is 13.7. The number of rotatable bonds is 6. The third-order valence-corrected chi connectivity index (χ3v) is 8.54. The van der Waals surface area contributed by atoms with Gasteiger partial charge in [-0.2, -0.15) is 4.31 Å². The lowest BCUT2D eigenvalue weighted by Gasteiger charge is -2.36. The lowest BCUT2D eigenvalue weighted by molar-refractivity contribution is 0.0602. The molecule has 0 N–H and O–H groups in total. The van der Waals surface area contributed by atoms with Gasteiger partial charge in [0.2, 0.25) is 10.0 Å². The smallest absolute Gasteiger partial charge is 0.349 e. The number of hydrogen-bond donors (Lipinski definition) is 0. The van der Waals surface area contributed by atoms with Gasteiger partial charge in [-0.3, -0.25) is 0 Å². The number of hydrogen-bond acceptors (Lipinski definition) is 7. The van der Waals surface area contributed by atoms with Crippen molar-refractivity contribution in [3.63, 3.8) is 0 Å². The summed E-state index contributed by atoms with van der Waals surface area (Å²) in [6, 6.07) is 16.9. The van der Waals surface area contributed by atoms with Crippen LogP contribution in [0.15, 0.2) is 64.9 Å². The minimum atomic E-state index is -3.92. The highest BCUT2D eigenvalue weighted by atomic mass is 32.2. The monoisotopic (exact) mass is 472 g/mol. The molecule has 168 valence electrons. The second-order valence-electron chi connectivity index (χ2n) is 7.23. The summed E-state index contributed by atoms with van der Waals surface area (Å²) in [7, 11) is -1.04. The van der Waals surface area contributed by atoms with Crippen LogP contribution in [0.1, 0.15) is 9.67 Å². The second-order valence-corrected chi connectivity index (χ2v) is 9.98. The quantitative estimate of drug-likeness (QED) is 0.509. The van der Waals surface area contributed by atoms with Crippen LogP contribution in [-0.4, -0.2) is 59.1 Å². The van der Waals surface area contributed by atoms with E-state index < -0.39 is 16.0 Å². The molecule has 0 spiro atoms. The molecule has 0 saturated carbocycles. The van der Waals surface area contributed by atoms with E-state index in [9.17, 15) is 13.2 Å². The Kier molecular flexibility index (Phi) is 6.50. The number of ether oxygens (including phenoxy) is 2. The highest BCUT2D eigenvalue weighted by molar-refractivity contribution is 7.89. The maximum absolute atomic E-state index is 13.7. The predicted molar refractivity (Wildman–Crippen MR) is 125 cm³/mol. The van der Waals surface area contributed by atoms with E-state index in [1.165, 1.54) is 11.4 Å². The number of esters is 1. The van der Waals surface area contributed by atoms with E-state index in [4.69, 9.17) is 9.47 Å². The minimum Gasteiger partial charge on any atom is -0.495 e. The molecular formula is C23H24N2O5S2. The van der Waals surface area contributed by atoms with Crippen LogP contribution in [0.5, 0.6) is 5.75 Å². The molecule has 1 aliphatic rings. The number of methoxy groups -OCH3 is 2. The molecule has 0 amide bonds. The summed E-state index contributed by atoms with van der Waals surface area (Å²) in [6.07, 6.45) is 0. The van der Waals surface area contributed by atoms with E-state index >= 15 is 0 Å². The fourth-order valence-corrected chi connectivity index (χ4v) is 6.94. The normalized spacial score (nSPS) is 14.9. The van der Waals surface area contributed by atoms with Crippen LogP contribution in [0, 0.1) is 0 Å². The molecule has 0 atom stereocenters. The van der Waals surface area contributed by atoms with Crippen molar-refractivity contribution in [3.05, 3.63) is 64.9 Å². The third-order valence-electron chi connectivity index (χ3n) is 5.46. The van der Waals surface area contributed by atoms with Gasteiger partial charge in [0.15, 0.2) is 0 Å². The fraction of sp³-hybridized carbons (Fsp3) is 0.261. The van der Waals surface area contributed by atoms with E-state index in [0.29, 0.717) is 31.7 Å². The Balaban J connectivity index is 1.66. The van der Waals surface area contributed by atoms with Gasteiger partial charge in [-0.05, 0) is 17.7 Å².